The van der Waals surface area contributed by atoms with Gasteiger partial charge in [0.15, 0.2) is 0 Å². The second-order valence-corrected chi connectivity index (χ2v) is 17.5. The molecule has 4 aromatic carbocycles. The van der Waals surface area contributed by atoms with Gasteiger partial charge in [0, 0.05) is 64.5 Å². The van der Waals surface area contributed by atoms with Gasteiger partial charge in [-0.15, -0.1) is 0 Å². The number of aryl methyl sites for hydroxylation is 5. The Morgan fingerprint density at radius 2 is 1.61 bits per heavy atom. The molecule has 0 unspecified atom stereocenters. The Hall–Kier alpha value is -6.56. The third kappa shape index (κ3) is 7.66. The summed E-state index contributed by atoms with van der Waals surface area (Å²) in [6.07, 6.45) is 2.82. The van der Waals surface area contributed by atoms with Crippen molar-refractivity contribution < 1.29 is 24.2 Å². The van der Waals surface area contributed by atoms with Crippen LogP contribution in [0.25, 0.3) is 32.9 Å². The van der Waals surface area contributed by atoms with E-state index in [1.54, 1.807) is 21.7 Å². The summed E-state index contributed by atoms with van der Waals surface area (Å²) in [4.78, 5) is 35.1. The van der Waals surface area contributed by atoms with Crippen LogP contribution in [0.3, 0.4) is 0 Å². The highest BCUT2D eigenvalue weighted by molar-refractivity contribution is 6.35. The van der Waals surface area contributed by atoms with Crippen LogP contribution in [-0.4, -0.2) is 54.0 Å². The van der Waals surface area contributed by atoms with Crippen molar-refractivity contribution in [1.82, 2.24) is 23.9 Å². The van der Waals surface area contributed by atoms with Crippen molar-refractivity contribution in [3.8, 4) is 22.6 Å². The number of ether oxygens (including phenoxy) is 2. The molecular formula is C51H48Cl2N6O5. The number of hydrogen-bond donors (Lipinski definition) is 1. The van der Waals surface area contributed by atoms with E-state index in [2.05, 4.69) is 16.5 Å². The van der Waals surface area contributed by atoms with E-state index in [1.807, 2.05) is 124 Å². The number of carbonyl (C=O) groups excluding carboxylic acids is 1. The van der Waals surface area contributed by atoms with E-state index in [9.17, 15) is 9.90 Å². The molecule has 1 amide bonds. The zero-order chi connectivity index (χ0) is 45.0. The molecular weight excluding hydrogens is 848 g/mol. The Labute approximate surface area is 381 Å². The summed E-state index contributed by atoms with van der Waals surface area (Å²) >= 11 is 13.7. The zero-order valence-corrected chi connectivity index (χ0v) is 38.1. The van der Waals surface area contributed by atoms with Crippen LogP contribution >= 0.6 is 23.2 Å². The van der Waals surface area contributed by atoms with Crippen molar-refractivity contribution in [3.63, 3.8) is 0 Å². The Kier molecular flexibility index (Phi) is 11.5. The summed E-state index contributed by atoms with van der Waals surface area (Å²) in [7, 11) is 1.92. The molecule has 4 aromatic heterocycles. The highest BCUT2D eigenvalue weighted by Crippen LogP contribution is 2.46. The van der Waals surface area contributed by atoms with Gasteiger partial charge < -0.3 is 28.6 Å². The first-order valence-corrected chi connectivity index (χ1v) is 22.1. The molecule has 1 atom stereocenters. The predicted octanol–water partition coefficient (Wildman–Crippen LogP) is 11.5. The average Bonchev–Trinajstić information content (AvgIpc) is 3.90. The zero-order valence-electron chi connectivity index (χ0n) is 36.6. The Morgan fingerprint density at radius 1 is 0.875 bits per heavy atom. The van der Waals surface area contributed by atoms with E-state index in [0.717, 1.165) is 66.4 Å². The fourth-order valence-corrected chi connectivity index (χ4v) is 9.68. The maximum absolute atomic E-state index is 15.8. The van der Waals surface area contributed by atoms with Crippen molar-refractivity contribution in [1.29, 1.82) is 0 Å². The third-order valence-corrected chi connectivity index (χ3v) is 13.2. The molecule has 0 radical (unpaired) electrons. The SMILES string of the molecule is Cc1cc(OCCCc2c3n(c4c(-c5c(C)nn(C)c5C)c(Cl)ccc24)[C@H](C)CN(c2cc(OCc4ccccc4)cc4cc(C(=O)O)n(Cc5ccccn5)c24)C3=O)cc(C)c1Cl. The number of aromatic carboxylic acids is 1. The molecule has 0 aliphatic carbocycles. The molecule has 0 bridgehead atoms. The number of carboxylic acids is 1. The van der Waals surface area contributed by atoms with E-state index in [0.29, 0.717) is 58.2 Å². The first-order chi connectivity index (χ1) is 30.8. The van der Waals surface area contributed by atoms with Gasteiger partial charge in [-0.3, -0.25) is 14.5 Å². The van der Waals surface area contributed by atoms with Gasteiger partial charge in [-0.25, -0.2) is 4.79 Å². The summed E-state index contributed by atoms with van der Waals surface area (Å²) in [6, 6.07) is 28.3. The smallest absolute Gasteiger partial charge is 0.352 e. The van der Waals surface area contributed by atoms with Crippen molar-refractivity contribution >= 4 is 62.6 Å². The van der Waals surface area contributed by atoms with Gasteiger partial charge in [0.2, 0.25) is 0 Å². The molecule has 0 spiro atoms. The molecule has 0 saturated carbocycles. The van der Waals surface area contributed by atoms with E-state index < -0.39 is 5.97 Å². The van der Waals surface area contributed by atoms with Crippen LogP contribution in [0.15, 0.2) is 97.2 Å². The van der Waals surface area contributed by atoms with Gasteiger partial charge in [-0.2, -0.15) is 5.10 Å². The summed E-state index contributed by atoms with van der Waals surface area (Å²) in [6.45, 7) is 11.2. The number of nitrogens with zero attached hydrogens (tertiary/aromatic N) is 6. The van der Waals surface area contributed by atoms with Gasteiger partial charge in [0.25, 0.3) is 5.91 Å². The van der Waals surface area contributed by atoms with Crippen LogP contribution in [-0.2, 0) is 26.6 Å². The predicted molar refractivity (Wildman–Crippen MR) is 253 cm³/mol. The standard InChI is InChI=1S/C51H48Cl2N6O5/c1-29-21-37(22-30(2)46(29)53)63-20-12-16-39-40-17-18-41(52)45(44-32(4)55-56(6)33(44)5)48(40)59-31(3)26-58(50(60)49(39)59)42-25-38(64-28-34-13-8-7-9-14-34)23-35-24-43(51(61)62)57(47(35)42)27-36-15-10-11-19-54-36/h7-11,13-15,17-19,21-25,31H,12,16,20,26-28H2,1-6H3,(H,61,62)/t31-/m1/s1. The number of carbonyl (C=O) groups is 2. The van der Waals surface area contributed by atoms with Gasteiger partial charge >= 0.3 is 5.97 Å². The third-order valence-electron chi connectivity index (χ3n) is 12.3. The number of pyridine rings is 1. The molecule has 1 N–H and O–H groups in total. The number of anilines is 1. The van der Waals surface area contributed by atoms with Crippen LogP contribution in [0.4, 0.5) is 5.69 Å². The van der Waals surface area contributed by atoms with Crippen LogP contribution in [0.2, 0.25) is 10.0 Å². The lowest BCUT2D eigenvalue weighted by molar-refractivity contribution is 0.0686. The van der Waals surface area contributed by atoms with Crippen LogP contribution < -0.4 is 14.4 Å². The number of hydrogen-bond acceptors (Lipinski definition) is 6. The molecule has 0 fully saturated rings. The molecule has 326 valence electrons. The van der Waals surface area contributed by atoms with Gasteiger partial charge in [0.1, 0.15) is 29.5 Å². The molecule has 11 nitrogen and oxygen atoms in total. The summed E-state index contributed by atoms with van der Waals surface area (Å²) in [5.41, 5.74) is 10.6. The number of halogens is 2. The van der Waals surface area contributed by atoms with Crippen molar-refractivity contribution in [3.05, 3.63) is 158 Å². The molecule has 8 aromatic rings. The average molecular weight is 896 g/mol. The number of aromatic nitrogens is 5. The lowest BCUT2D eigenvalue weighted by Gasteiger charge is -2.35. The van der Waals surface area contributed by atoms with Crippen molar-refractivity contribution in [2.24, 2.45) is 7.05 Å². The second kappa shape index (κ2) is 17.2. The van der Waals surface area contributed by atoms with Gasteiger partial charge in [0.05, 0.1) is 46.3 Å². The van der Waals surface area contributed by atoms with E-state index in [1.165, 1.54) is 0 Å². The number of benzene rings is 4. The minimum atomic E-state index is -1.10. The number of fused-ring (bicyclic) bond motifs is 4. The monoisotopic (exact) mass is 894 g/mol. The summed E-state index contributed by atoms with van der Waals surface area (Å²) in [5.74, 6) is -0.0723. The fourth-order valence-electron chi connectivity index (χ4n) is 9.33. The molecule has 5 heterocycles. The fraction of sp³-hybridized carbons (Fsp3) is 0.255. The van der Waals surface area contributed by atoms with Crippen LogP contribution in [0.1, 0.15) is 79.7 Å². The lowest BCUT2D eigenvalue weighted by atomic mass is 9.98. The lowest BCUT2D eigenvalue weighted by Crippen LogP contribution is -2.43. The molecule has 9 rings (SSSR count). The van der Waals surface area contributed by atoms with E-state index >= 15 is 4.79 Å². The van der Waals surface area contributed by atoms with Gasteiger partial charge in [-0.1, -0.05) is 65.7 Å². The first-order valence-electron chi connectivity index (χ1n) is 21.3. The topological polar surface area (TPSA) is 117 Å². The molecule has 1 aliphatic rings. The van der Waals surface area contributed by atoms with Crippen molar-refractivity contribution in [2.45, 2.75) is 66.7 Å². The minimum Gasteiger partial charge on any atom is -0.494 e. The summed E-state index contributed by atoms with van der Waals surface area (Å²) in [5, 5.41) is 18.2. The van der Waals surface area contributed by atoms with Crippen LogP contribution in [0, 0.1) is 27.7 Å². The first kappa shape index (κ1) is 42.7. The maximum Gasteiger partial charge on any atom is 0.352 e. The highest BCUT2D eigenvalue weighted by Gasteiger charge is 2.38. The Morgan fingerprint density at radius 3 is 2.30 bits per heavy atom. The van der Waals surface area contributed by atoms with Gasteiger partial charge in [-0.05, 0) is 112 Å². The van der Waals surface area contributed by atoms with E-state index in [4.69, 9.17) is 37.8 Å². The Balaban J connectivity index is 1.21. The normalized spacial score (nSPS) is 13.8. The minimum absolute atomic E-state index is 0.0713. The molecule has 1 aliphatic heterocycles. The maximum atomic E-state index is 15.8. The molecule has 13 heteroatoms. The number of amides is 1. The van der Waals surface area contributed by atoms with Crippen molar-refractivity contribution in [2.75, 3.05) is 18.1 Å². The number of rotatable bonds is 13. The largest absolute Gasteiger partial charge is 0.494 e. The Bertz CT molecular complexity index is 3090. The van der Waals surface area contributed by atoms with E-state index in [-0.39, 0.29) is 37.3 Å². The second-order valence-electron chi connectivity index (χ2n) is 16.7. The number of carboxylic acid groups (broad SMARTS) is 1. The highest BCUT2D eigenvalue weighted by atomic mass is 35.5. The quantitative estimate of drug-likeness (QED) is 0.115. The summed E-state index contributed by atoms with van der Waals surface area (Å²) < 4.78 is 18.5. The molecule has 64 heavy (non-hydrogen) atoms. The van der Waals surface area contributed by atoms with Crippen LogP contribution in [0.5, 0.6) is 11.5 Å². The molecule has 0 saturated heterocycles.